The van der Waals surface area contributed by atoms with Gasteiger partial charge in [0.05, 0.1) is 37.1 Å². The highest BCUT2D eigenvalue weighted by Crippen LogP contribution is 2.34. The van der Waals surface area contributed by atoms with Crippen molar-refractivity contribution >= 4 is 5.97 Å². The van der Waals surface area contributed by atoms with Crippen molar-refractivity contribution in [2.24, 2.45) is 0 Å². The number of ether oxygens (including phenoxy) is 8. The average Bonchev–Trinajstić information content (AvgIpc) is 2.90. The highest BCUT2D eigenvalue weighted by atomic mass is 16.8. The van der Waals surface area contributed by atoms with E-state index < -0.39 is 117 Å². The number of esters is 1. The Balaban J connectivity index is 1.37. The maximum Gasteiger partial charge on any atom is 0.302 e. The zero-order valence-electron chi connectivity index (χ0n) is 23.9. The summed E-state index contributed by atoms with van der Waals surface area (Å²) in [6.07, 6.45) is -18.3. The van der Waals surface area contributed by atoms with Crippen LogP contribution in [0.5, 0.6) is 0 Å². The number of rotatable bonds is 8. The number of aliphatic hydroxyl groups excluding tert-OH is 7. The second kappa shape index (κ2) is 14.3. The van der Waals surface area contributed by atoms with Crippen molar-refractivity contribution in [3.05, 3.63) is 0 Å². The molecule has 0 aromatic rings. The van der Waals surface area contributed by atoms with Gasteiger partial charge in [-0.15, -0.1) is 0 Å². The van der Waals surface area contributed by atoms with E-state index in [1.807, 2.05) is 0 Å². The third-order valence-electron chi connectivity index (χ3n) is 7.99. The summed E-state index contributed by atoms with van der Waals surface area (Å²) >= 11 is 0. The fraction of sp³-hybridized carbons (Fsp3) is 0.962. The van der Waals surface area contributed by atoms with Crippen LogP contribution in [0.25, 0.3) is 0 Å². The minimum Gasteiger partial charge on any atom is -0.459 e. The molecule has 7 N–H and O–H groups in total. The molecule has 4 heterocycles. The lowest BCUT2D eigenvalue weighted by molar-refractivity contribution is -0.354. The highest BCUT2D eigenvalue weighted by molar-refractivity contribution is 5.66. The summed E-state index contributed by atoms with van der Waals surface area (Å²) in [5.41, 5.74) is 0. The smallest absolute Gasteiger partial charge is 0.302 e. The van der Waals surface area contributed by atoms with E-state index in [0.717, 1.165) is 0 Å². The molecular weight excluding hydrogens is 568 g/mol. The molecule has 0 aromatic heterocycles. The van der Waals surface area contributed by atoms with Crippen LogP contribution < -0.4 is 0 Å². The van der Waals surface area contributed by atoms with Gasteiger partial charge in [0.1, 0.15) is 48.8 Å². The van der Waals surface area contributed by atoms with Crippen molar-refractivity contribution in [1.82, 2.24) is 0 Å². The van der Waals surface area contributed by atoms with Gasteiger partial charge in [-0.25, -0.2) is 0 Å². The van der Waals surface area contributed by atoms with E-state index in [1.54, 1.807) is 20.8 Å². The fourth-order valence-electron chi connectivity index (χ4n) is 5.84. The Hall–Kier alpha value is -1.09. The van der Waals surface area contributed by atoms with E-state index in [0.29, 0.717) is 0 Å². The van der Waals surface area contributed by atoms with Gasteiger partial charge >= 0.3 is 5.97 Å². The summed E-state index contributed by atoms with van der Waals surface area (Å²) in [6, 6.07) is 0. The van der Waals surface area contributed by atoms with Crippen molar-refractivity contribution in [3.8, 4) is 0 Å². The van der Waals surface area contributed by atoms with Gasteiger partial charge in [-0.3, -0.25) is 4.79 Å². The van der Waals surface area contributed by atoms with Gasteiger partial charge in [-0.2, -0.15) is 0 Å². The molecule has 16 heteroatoms. The van der Waals surface area contributed by atoms with Crippen molar-refractivity contribution in [3.63, 3.8) is 0 Å². The molecule has 0 bridgehead atoms. The molecule has 0 spiro atoms. The summed E-state index contributed by atoms with van der Waals surface area (Å²) in [5.74, 6) is -0.625. The van der Waals surface area contributed by atoms with Gasteiger partial charge in [0.2, 0.25) is 0 Å². The zero-order valence-corrected chi connectivity index (χ0v) is 23.9. The standard InChI is InChI=1S/C26H44O16/c1-9-23(13(29)5-17(31)35-9)40-18-6-14(30)24(10(2)36-18)41-19-7-15(38-12(4)28)25(11(3)37-19)42-26-22(34)21(33)20(32)16(8-27)39-26/h9-11,13-27,29-34H,5-8H2,1-4H3/t9-,10-,11-,13+,14+,15+,16-,17-,18+,19+,20-,21+,22-,23-,24-,25-,26+/m1/s1. The van der Waals surface area contributed by atoms with E-state index >= 15 is 0 Å². The molecule has 0 unspecified atom stereocenters. The summed E-state index contributed by atoms with van der Waals surface area (Å²) in [5, 5.41) is 70.9. The van der Waals surface area contributed by atoms with Gasteiger partial charge in [0.25, 0.3) is 0 Å². The van der Waals surface area contributed by atoms with E-state index in [4.69, 9.17) is 37.9 Å². The quantitative estimate of drug-likeness (QED) is 0.135. The molecule has 0 radical (unpaired) electrons. The molecular formula is C26H44O16. The SMILES string of the molecule is CC(=O)O[C@H]1C[C@H](O[C@H]2[C@@H](O)C[C@H](O[C@H]3[C@@H](O)C[C@H](O)O[C@@H]3C)O[C@@H]2C)O[C@H](C)[C@H]1O[C@@H]1O[C@H](CO)[C@@H](O)[C@H](O)[C@H]1O. The second-order valence-electron chi connectivity index (χ2n) is 11.3. The first-order valence-electron chi connectivity index (χ1n) is 14.2. The Morgan fingerprint density at radius 1 is 0.690 bits per heavy atom. The Bertz CT molecular complexity index is 853. The van der Waals surface area contributed by atoms with Crippen molar-refractivity contribution in [1.29, 1.82) is 0 Å². The number of aliphatic hydroxyl groups is 7. The summed E-state index contributed by atoms with van der Waals surface area (Å²) in [4.78, 5) is 11.9. The van der Waals surface area contributed by atoms with Crippen molar-refractivity contribution in [2.45, 2.75) is 151 Å². The van der Waals surface area contributed by atoms with E-state index in [9.17, 15) is 40.5 Å². The third kappa shape index (κ3) is 7.76. The van der Waals surface area contributed by atoms with Gasteiger partial charge in [0.15, 0.2) is 25.2 Å². The Morgan fingerprint density at radius 2 is 1.24 bits per heavy atom. The minimum atomic E-state index is -1.66. The van der Waals surface area contributed by atoms with Crippen molar-refractivity contribution < 1.29 is 78.4 Å². The number of hydrogen-bond acceptors (Lipinski definition) is 16. The molecule has 0 aromatic carbocycles. The van der Waals surface area contributed by atoms with Gasteiger partial charge in [0, 0.05) is 26.2 Å². The normalized spacial score (nSPS) is 50.3. The van der Waals surface area contributed by atoms with Crippen LogP contribution in [0.4, 0.5) is 0 Å². The topological polar surface area (TPSA) is 233 Å². The molecule has 0 aliphatic carbocycles. The summed E-state index contributed by atoms with van der Waals surface area (Å²) in [6.45, 7) is 5.50. The van der Waals surface area contributed by atoms with E-state index in [-0.39, 0.29) is 19.3 Å². The summed E-state index contributed by atoms with van der Waals surface area (Å²) in [7, 11) is 0. The molecule has 0 saturated carbocycles. The first kappa shape index (κ1) is 33.8. The second-order valence-corrected chi connectivity index (χ2v) is 11.3. The predicted octanol–water partition coefficient (Wildman–Crippen LogP) is -3.01. The maximum absolute atomic E-state index is 11.9. The molecule has 4 rings (SSSR count). The van der Waals surface area contributed by atoms with Crippen LogP contribution in [0.1, 0.15) is 47.0 Å². The monoisotopic (exact) mass is 612 g/mol. The van der Waals surface area contributed by atoms with Crippen LogP contribution >= 0.6 is 0 Å². The van der Waals surface area contributed by atoms with Gasteiger partial charge < -0.3 is 73.6 Å². The number of carbonyl (C=O) groups excluding carboxylic acids is 1. The van der Waals surface area contributed by atoms with Crippen LogP contribution in [0, 0.1) is 0 Å². The molecule has 16 nitrogen and oxygen atoms in total. The lowest BCUT2D eigenvalue weighted by Crippen LogP contribution is -2.62. The van der Waals surface area contributed by atoms with E-state index in [2.05, 4.69) is 0 Å². The average molecular weight is 613 g/mol. The van der Waals surface area contributed by atoms with Crippen molar-refractivity contribution in [2.75, 3.05) is 6.61 Å². The van der Waals surface area contributed by atoms with Crippen LogP contribution in [-0.2, 0) is 42.7 Å². The first-order chi connectivity index (χ1) is 19.8. The molecule has 4 aliphatic rings. The number of hydrogen-bond donors (Lipinski definition) is 7. The third-order valence-corrected chi connectivity index (χ3v) is 7.99. The molecule has 244 valence electrons. The van der Waals surface area contributed by atoms with E-state index in [1.165, 1.54) is 6.92 Å². The molecule has 0 amide bonds. The van der Waals surface area contributed by atoms with Crippen LogP contribution in [0.3, 0.4) is 0 Å². The molecule has 4 aliphatic heterocycles. The highest BCUT2D eigenvalue weighted by Gasteiger charge is 2.50. The largest absolute Gasteiger partial charge is 0.459 e. The summed E-state index contributed by atoms with van der Waals surface area (Å²) < 4.78 is 45.9. The molecule has 42 heavy (non-hydrogen) atoms. The molecule has 4 fully saturated rings. The Labute approximate surface area is 242 Å². The molecule has 4 saturated heterocycles. The lowest BCUT2D eigenvalue weighted by Gasteiger charge is -2.46. The number of carbonyl (C=O) groups is 1. The zero-order chi connectivity index (χ0) is 30.9. The minimum absolute atomic E-state index is 0.00595. The van der Waals surface area contributed by atoms with Crippen LogP contribution in [-0.4, -0.2) is 153 Å². The van der Waals surface area contributed by atoms with Crippen LogP contribution in [0.15, 0.2) is 0 Å². The Morgan fingerprint density at radius 3 is 1.79 bits per heavy atom. The predicted molar refractivity (Wildman–Crippen MR) is 135 cm³/mol. The maximum atomic E-state index is 11.9. The van der Waals surface area contributed by atoms with Gasteiger partial charge in [-0.1, -0.05) is 0 Å². The fourth-order valence-corrected chi connectivity index (χ4v) is 5.84. The Kier molecular flexibility index (Phi) is 11.5. The lowest BCUT2D eigenvalue weighted by atomic mass is 9.98. The first-order valence-corrected chi connectivity index (χ1v) is 14.2. The molecule has 17 atom stereocenters. The van der Waals surface area contributed by atoms with Crippen LogP contribution in [0.2, 0.25) is 0 Å². The van der Waals surface area contributed by atoms with Gasteiger partial charge in [-0.05, 0) is 20.8 Å².